The number of rotatable bonds is 8. The summed E-state index contributed by atoms with van der Waals surface area (Å²) in [6.07, 6.45) is 0.325. The zero-order chi connectivity index (χ0) is 20.7. The van der Waals surface area contributed by atoms with E-state index < -0.39 is 27.7 Å². The Bertz CT molecular complexity index is 823. The molecule has 0 fully saturated rings. The first-order chi connectivity index (χ1) is 13.2. The van der Waals surface area contributed by atoms with Crippen molar-refractivity contribution in [3.63, 3.8) is 0 Å². The van der Waals surface area contributed by atoms with E-state index in [1.807, 2.05) is 63.2 Å². The molecule has 2 rings (SSSR count). The highest BCUT2D eigenvalue weighted by Gasteiger charge is 2.28. The number of carbonyl (C=O) groups excluding carboxylic acids is 1. The van der Waals surface area contributed by atoms with Crippen LogP contribution in [0.3, 0.4) is 0 Å². The Kier molecular flexibility index (Phi) is 7.72. The minimum absolute atomic E-state index is 0.275. The lowest BCUT2D eigenvalue weighted by molar-refractivity contribution is -0.144. The molecule has 28 heavy (non-hydrogen) atoms. The fraction of sp³-hybridized carbons (Fsp3) is 0.348. The van der Waals surface area contributed by atoms with E-state index in [0.717, 1.165) is 22.3 Å². The Hall–Kier alpha value is -2.24. The highest BCUT2D eigenvalue weighted by molar-refractivity contribution is 7.84. The zero-order valence-corrected chi connectivity index (χ0v) is 17.8. The largest absolute Gasteiger partial charge is 0.465 e. The minimum atomic E-state index is -1.38. The molecule has 2 aromatic rings. The Labute approximate surface area is 170 Å². The molecule has 2 atom stereocenters. The summed E-state index contributed by atoms with van der Waals surface area (Å²) in [5.41, 5.74) is 3.99. The molecular formula is C23H29NO3S. The maximum atomic E-state index is 12.5. The first-order valence-corrected chi connectivity index (χ1v) is 10.6. The SMILES string of the molecule is C=C(C[C@H](NS(=O)C(C)(C)C)C(=O)OCC)c1ccc(-c2ccccc2)cc1. The molecule has 0 spiro atoms. The van der Waals surface area contributed by atoms with E-state index >= 15 is 0 Å². The normalized spacial score (nSPS) is 13.6. The Morgan fingerprint density at radius 3 is 2.18 bits per heavy atom. The van der Waals surface area contributed by atoms with Crippen molar-refractivity contribution in [1.82, 2.24) is 4.72 Å². The number of hydrogen-bond donors (Lipinski definition) is 1. The predicted octanol–water partition coefficient (Wildman–Crippen LogP) is 4.74. The molecule has 0 bridgehead atoms. The first-order valence-electron chi connectivity index (χ1n) is 9.40. The fourth-order valence-corrected chi connectivity index (χ4v) is 3.41. The van der Waals surface area contributed by atoms with Gasteiger partial charge in [0, 0.05) is 0 Å². The Morgan fingerprint density at radius 1 is 1.07 bits per heavy atom. The second kappa shape index (κ2) is 9.80. The van der Waals surface area contributed by atoms with Gasteiger partial charge in [-0.2, -0.15) is 0 Å². The third-order valence-corrected chi connectivity index (χ3v) is 5.84. The van der Waals surface area contributed by atoms with Crippen molar-refractivity contribution in [2.75, 3.05) is 6.61 Å². The van der Waals surface area contributed by atoms with Crippen molar-refractivity contribution in [3.8, 4) is 11.1 Å². The summed E-state index contributed by atoms with van der Waals surface area (Å²) in [6.45, 7) is 11.7. The molecule has 0 aliphatic rings. The number of hydrogen-bond acceptors (Lipinski definition) is 3. The highest BCUT2D eigenvalue weighted by atomic mass is 32.2. The van der Waals surface area contributed by atoms with E-state index in [-0.39, 0.29) is 6.61 Å². The molecule has 1 N–H and O–H groups in total. The van der Waals surface area contributed by atoms with Crippen LogP contribution < -0.4 is 4.72 Å². The van der Waals surface area contributed by atoms with Gasteiger partial charge in [-0.25, -0.2) is 8.93 Å². The maximum Gasteiger partial charge on any atom is 0.324 e. The van der Waals surface area contributed by atoms with Crippen LogP contribution in [-0.4, -0.2) is 27.6 Å². The van der Waals surface area contributed by atoms with Gasteiger partial charge in [0.05, 0.1) is 22.3 Å². The topological polar surface area (TPSA) is 55.4 Å². The summed E-state index contributed by atoms with van der Waals surface area (Å²) in [5.74, 6) is -0.415. The van der Waals surface area contributed by atoms with Crippen molar-refractivity contribution < 1.29 is 13.7 Å². The third kappa shape index (κ3) is 6.14. The standard InChI is InChI=1S/C23H29NO3S/c1-6-27-22(25)21(24-28(26)23(3,4)5)16-17(2)18-12-14-20(15-13-18)19-10-8-7-9-11-19/h7-15,21,24H,2,6,16H2,1,3-5H3/t21-,28?/m0/s1. The third-order valence-electron chi connectivity index (χ3n) is 4.23. The number of carbonyl (C=O) groups is 1. The molecule has 0 amide bonds. The van der Waals surface area contributed by atoms with Gasteiger partial charge in [0.1, 0.15) is 6.04 Å². The van der Waals surface area contributed by atoms with E-state index in [0.29, 0.717) is 6.42 Å². The van der Waals surface area contributed by atoms with Crippen molar-refractivity contribution in [2.24, 2.45) is 0 Å². The van der Waals surface area contributed by atoms with Gasteiger partial charge in [0.2, 0.25) is 0 Å². The number of ether oxygens (including phenoxy) is 1. The van der Waals surface area contributed by atoms with Crippen LogP contribution in [0.2, 0.25) is 0 Å². The van der Waals surface area contributed by atoms with Crippen molar-refractivity contribution in [1.29, 1.82) is 0 Å². The second-order valence-corrected chi connectivity index (χ2v) is 9.55. The van der Waals surface area contributed by atoms with E-state index in [4.69, 9.17) is 4.74 Å². The lowest BCUT2D eigenvalue weighted by Gasteiger charge is -2.23. The van der Waals surface area contributed by atoms with Crippen LogP contribution in [0, 0.1) is 0 Å². The summed E-state index contributed by atoms with van der Waals surface area (Å²) in [4.78, 5) is 12.4. The van der Waals surface area contributed by atoms with Gasteiger partial charge in [0.25, 0.3) is 0 Å². The van der Waals surface area contributed by atoms with Crippen molar-refractivity contribution >= 4 is 22.5 Å². The molecular weight excluding hydrogens is 370 g/mol. The fourth-order valence-electron chi connectivity index (χ4n) is 2.62. The van der Waals surface area contributed by atoms with Crippen LogP contribution in [0.15, 0.2) is 61.2 Å². The summed E-state index contributed by atoms with van der Waals surface area (Å²) in [5, 5.41) is 0. The molecule has 2 aromatic carbocycles. The highest BCUT2D eigenvalue weighted by Crippen LogP contribution is 2.24. The molecule has 150 valence electrons. The molecule has 0 aliphatic heterocycles. The van der Waals surface area contributed by atoms with Crippen LogP contribution in [0.4, 0.5) is 0 Å². The molecule has 0 radical (unpaired) electrons. The number of esters is 1. The van der Waals surface area contributed by atoms with Crippen LogP contribution in [-0.2, 0) is 20.5 Å². The summed E-state index contributed by atoms with van der Waals surface area (Å²) < 4.78 is 20.1. The van der Waals surface area contributed by atoms with Gasteiger partial charge in [0.15, 0.2) is 0 Å². The van der Waals surface area contributed by atoms with Crippen LogP contribution in [0.1, 0.15) is 39.7 Å². The van der Waals surface area contributed by atoms with Crippen LogP contribution >= 0.6 is 0 Å². The second-order valence-electron chi connectivity index (χ2n) is 7.55. The van der Waals surface area contributed by atoms with E-state index in [2.05, 4.69) is 23.4 Å². The monoisotopic (exact) mass is 399 g/mol. The van der Waals surface area contributed by atoms with E-state index in [1.54, 1.807) is 6.92 Å². The molecule has 0 aromatic heterocycles. The Balaban J connectivity index is 2.13. The van der Waals surface area contributed by atoms with Gasteiger partial charge >= 0.3 is 5.97 Å². The number of nitrogens with one attached hydrogen (secondary N) is 1. The number of benzene rings is 2. The van der Waals surface area contributed by atoms with Crippen LogP contribution in [0.25, 0.3) is 16.7 Å². The van der Waals surface area contributed by atoms with Gasteiger partial charge in [-0.3, -0.25) is 4.79 Å². The predicted molar refractivity (Wildman–Crippen MR) is 117 cm³/mol. The molecule has 0 saturated carbocycles. The quantitative estimate of drug-likeness (QED) is 0.652. The van der Waals surface area contributed by atoms with Gasteiger partial charge in [-0.05, 0) is 56.4 Å². The average Bonchev–Trinajstić information content (AvgIpc) is 2.67. The van der Waals surface area contributed by atoms with Gasteiger partial charge in [-0.15, -0.1) is 0 Å². The lowest BCUT2D eigenvalue weighted by Crippen LogP contribution is -2.44. The van der Waals surface area contributed by atoms with Crippen molar-refractivity contribution in [3.05, 3.63) is 66.7 Å². The first kappa shape index (κ1) is 22.1. The molecule has 0 heterocycles. The van der Waals surface area contributed by atoms with Crippen LogP contribution in [0.5, 0.6) is 0 Å². The van der Waals surface area contributed by atoms with Crippen molar-refractivity contribution in [2.45, 2.75) is 44.9 Å². The average molecular weight is 400 g/mol. The smallest absolute Gasteiger partial charge is 0.324 e. The summed E-state index contributed by atoms with van der Waals surface area (Å²) in [6, 6.07) is 17.5. The zero-order valence-electron chi connectivity index (χ0n) is 17.0. The van der Waals surface area contributed by atoms with Gasteiger partial charge in [-0.1, -0.05) is 61.2 Å². The molecule has 0 aliphatic carbocycles. The lowest BCUT2D eigenvalue weighted by atomic mass is 9.97. The molecule has 1 unspecified atom stereocenters. The Morgan fingerprint density at radius 2 is 1.64 bits per heavy atom. The summed E-state index contributed by atoms with van der Waals surface area (Å²) >= 11 is 0. The summed E-state index contributed by atoms with van der Waals surface area (Å²) in [7, 11) is -1.38. The molecule has 4 nitrogen and oxygen atoms in total. The van der Waals surface area contributed by atoms with Gasteiger partial charge < -0.3 is 4.74 Å². The molecule has 0 saturated heterocycles. The maximum absolute atomic E-state index is 12.5. The van der Waals surface area contributed by atoms with E-state index in [9.17, 15) is 9.00 Å². The minimum Gasteiger partial charge on any atom is -0.465 e. The van der Waals surface area contributed by atoms with E-state index in [1.165, 1.54) is 0 Å². The molecule has 5 heteroatoms.